The molecule has 1 saturated heterocycles. The molecule has 1 aliphatic heterocycles. The molecule has 0 unspecified atom stereocenters. The fourth-order valence-electron chi connectivity index (χ4n) is 3.61. The lowest BCUT2D eigenvalue weighted by Gasteiger charge is -2.24. The van der Waals surface area contributed by atoms with Crippen LogP contribution < -0.4 is 5.32 Å². The van der Waals surface area contributed by atoms with Crippen molar-refractivity contribution in [3.8, 4) is 11.1 Å². The van der Waals surface area contributed by atoms with Crippen LogP contribution in [0.5, 0.6) is 0 Å². The zero-order valence-corrected chi connectivity index (χ0v) is 19.0. The summed E-state index contributed by atoms with van der Waals surface area (Å²) in [4.78, 5) is 17.1. The Balaban J connectivity index is 0.00000210. The zero-order chi connectivity index (χ0) is 19.1. The van der Waals surface area contributed by atoms with Gasteiger partial charge >= 0.3 is 0 Å². The van der Waals surface area contributed by atoms with Gasteiger partial charge in [-0.25, -0.2) is 0 Å². The number of benzene rings is 2. The maximum Gasteiger partial charge on any atom is 0.253 e. The minimum absolute atomic E-state index is 0. The van der Waals surface area contributed by atoms with Crippen molar-refractivity contribution in [1.29, 1.82) is 0 Å². The quantitative estimate of drug-likeness (QED) is 0.675. The van der Waals surface area contributed by atoms with Crippen LogP contribution in [0.25, 0.3) is 11.1 Å². The van der Waals surface area contributed by atoms with Crippen LogP contribution in [-0.4, -0.2) is 56.0 Å². The summed E-state index contributed by atoms with van der Waals surface area (Å²) in [5.74, 6) is 0.0990. The predicted octanol–water partition coefficient (Wildman–Crippen LogP) is 5.19. The molecular weight excluding hydrogens is 405 g/mol. The maximum absolute atomic E-state index is 12.7. The largest absolute Gasteiger partial charge is 0.388 e. The van der Waals surface area contributed by atoms with E-state index in [9.17, 15) is 4.79 Å². The Hall–Kier alpha value is -1.75. The topological polar surface area (TPSA) is 35.6 Å². The lowest BCUT2D eigenvalue weighted by atomic mass is 10.0. The van der Waals surface area contributed by atoms with E-state index in [2.05, 4.69) is 34.5 Å². The second kappa shape index (κ2) is 12.7. The molecule has 1 N–H and O–H groups in total. The van der Waals surface area contributed by atoms with Crippen molar-refractivity contribution < 1.29 is 4.79 Å². The molecule has 1 fully saturated rings. The van der Waals surface area contributed by atoms with E-state index in [1.54, 1.807) is 0 Å². The first-order valence-electron chi connectivity index (χ1n) is 10.0. The van der Waals surface area contributed by atoms with E-state index in [4.69, 9.17) is 0 Å². The molecule has 0 atom stereocenters. The molecule has 1 amide bonds. The number of likely N-dealkylation sites (tertiary alicyclic amines) is 1. The Kier molecular flexibility index (Phi) is 11.1. The molecule has 29 heavy (non-hydrogen) atoms. The van der Waals surface area contributed by atoms with Crippen molar-refractivity contribution in [2.75, 3.05) is 45.6 Å². The van der Waals surface area contributed by atoms with E-state index in [1.165, 1.54) is 38.8 Å². The van der Waals surface area contributed by atoms with Crippen LogP contribution in [0.1, 0.15) is 36.0 Å². The highest BCUT2D eigenvalue weighted by molar-refractivity contribution is 5.94. The van der Waals surface area contributed by atoms with E-state index in [0.717, 1.165) is 35.5 Å². The van der Waals surface area contributed by atoms with Gasteiger partial charge in [0.1, 0.15) is 0 Å². The molecule has 1 aliphatic rings. The highest BCUT2D eigenvalue weighted by atomic mass is 35.5. The van der Waals surface area contributed by atoms with Crippen molar-refractivity contribution in [1.82, 2.24) is 9.80 Å². The highest BCUT2D eigenvalue weighted by Gasteiger charge is 2.14. The smallest absolute Gasteiger partial charge is 0.253 e. The molecule has 2 aromatic rings. The summed E-state index contributed by atoms with van der Waals surface area (Å²) in [6, 6.07) is 16.2. The molecular formula is C23H33Cl2N3O. The molecule has 6 heteroatoms. The third-order valence-corrected chi connectivity index (χ3v) is 5.44. The standard InChI is InChI=1S/C23H31N3O.2ClH/c1-24-22-13-11-20(12-14-22)19-7-9-21(10-8-19)23(27)25(2)17-18-26-15-5-3-4-6-16-26;;/h7-14,24H,3-6,15-18H2,1-2H3;2*1H. The van der Waals surface area contributed by atoms with Gasteiger partial charge in [0.15, 0.2) is 0 Å². The summed E-state index contributed by atoms with van der Waals surface area (Å²) in [6.07, 6.45) is 5.26. The summed E-state index contributed by atoms with van der Waals surface area (Å²) >= 11 is 0. The molecule has 0 bridgehead atoms. The van der Waals surface area contributed by atoms with Gasteiger partial charge in [-0.05, 0) is 61.3 Å². The van der Waals surface area contributed by atoms with E-state index < -0.39 is 0 Å². The van der Waals surface area contributed by atoms with Crippen LogP contribution in [-0.2, 0) is 0 Å². The number of nitrogens with zero attached hydrogens (tertiary/aromatic N) is 2. The molecule has 0 saturated carbocycles. The molecule has 2 aromatic carbocycles. The van der Waals surface area contributed by atoms with Gasteiger partial charge in [0, 0.05) is 38.4 Å². The number of hydrogen-bond acceptors (Lipinski definition) is 3. The summed E-state index contributed by atoms with van der Waals surface area (Å²) in [5.41, 5.74) is 4.13. The minimum Gasteiger partial charge on any atom is -0.388 e. The third kappa shape index (κ3) is 7.22. The number of anilines is 1. The lowest BCUT2D eigenvalue weighted by molar-refractivity contribution is 0.0778. The number of hydrogen-bond donors (Lipinski definition) is 1. The Morgan fingerprint density at radius 2 is 1.41 bits per heavy atom. The van der Waals surface area contributed by atoms with Crippen LogP contribution in [0.2, 0.25) is 0 Å². The summed E-state index contributed by atoms with van der Waals surface area (Å²) < 4.78 is 0. The van der Waals surface area contributed by atoms with Crippen LogP contribution in [0.3, 0.4) is 0 Å². The highest BCUT2D eigenvalue weighted by Crippen LogP contribution is 2.22. The molecule has 0 spiro atoms. The SMILES string of the molecule is CNc1ccc(-c2ccc(C(=O)N(C)CCN3CCCCCC3)cc2)cc1.Cl.Cl. The number of likely N-dealkylation sites (N-methyl/N-ethyl adjacent to an activating group) is 1. The molecule has 160 valence electrons. The number of carbonyl (C=O) groups is 1. The second-order valence-corrected chi connectivity index (χ2v) is 7.39. The van der Waals surface area contributed by atoms with E-state index in [-0.39, 0.29) is 30.7 Å². The lowest BCUT2D eigenvalue weighted by Crippen LogP contribution is -2.36. The summed E-state index contributed by atoms with van der Waals surface area (Å²) in [6.45, 7) is 4.09. The Morgan fingerprint density at radius 3 is 1.93 bits per heavy atom. The van der Waals surface area contributed by atoms with Crippen molar-refractivity contribution in [2.24, 2.45) is 0 Å². The molecule has 0 radical (unpaired) electrons. The van der Waals surface area contributed by atoms with Crippen LogP contribution in [0, 0.1) is 0 Å². The first-order chi connectivity index (χ1) is 13.2. The van der Waals surface area contributed by atoms with E-state index >= 15 is 0 Å². The minimum atomic E-state index is 0. The molecule has 3 rings (SSSR count). The van der Waals surface area contributed by atoms with Crippen molar-refractivity contribution in [3.05, 3.63) is 54.1 Å². The van der Waals surface area contributed by atoms with E-state index in [0.29, 0.717) is 0 Å². The number of rotatable bonds is 6. The number of amides is 1. The van der Waals surface area contributed by atoms with Crippen LogP contribution in [0.4, 0.5) is 5.69 Å². The average molecular weight is 438 g/mol. The number of halogens is 2. The molecule has 4 nitrogen and oxygen atoms in total. The summed E-state index contributed by atoms with van der Waals surface area (Å²) in [7, 11) is 3.82. The van der Waals surface area contributed by atoms with Crippen molar-refractivity contribution in [2.45, 2.75) is 25.7 Å². The van der Waals surface area contributed by atoms with Gasteiger partial charge in [-0.2, -0.15) is 0 Å². The monoisotopic (exact) mass is 437 g/mol. The van der Waals surface area contributed by atoms with Crippen LogP contribution in [0.15, 0.2) is 48.5 Å². The fraction of sp³-hybridized carbons (Fsp3) is 0.435. The molecule has 0 aromatic heterocycles. The molecule has 0 aliphatic carbocycles. The molecule has 1 heterocycles. The number of carbonyl (C=O) groups excluding carboxylic acids is 1. The van der Waals surface area contributed by atoms with Crippen LogP contribution >= 0.6 is 24.8 Å². The Morgan fingerprint density at radius 1 is 0.897 bits per heavy atom. The van der Waals surface area contributed by atoms with Gasteiger partial charge in [0.25, 0.3) is 5.91 Å². The normalized spacial score (nSPS) is 14.1. The van der Waals surface area contributed by atoms with Gasteiger partial charge in [0.2, 0.25) is 0 Å². The summed E-state index contributed by atoms with van der Waals surface area (Å²) in [5, 5.41) is 3.13. The first-order valence-corrected chi connectivity index (χ1v) is 10.0. The van der Waals surface area contributed by atoms with E-state index in [1.807, 2.05) is 43.3 Å². The van der Waals surface area contributed by atoms with Crippen molar-refractivity contribution >= 4 is 36.4 Å². The van der Waals surface area contributed by atoms with Gasteiger partial charge in [0.05, 0.1) is 0 Å². The fourth-order valence-corrected chi connectivity index (χ4v) is 3.61. The average Bonchev–Trinajstić information content (AvgIpc) is 3.00. The second-order valence-electron chi connectivity index (χ2n) is 7.39. The van der Waals surface area contributed by atoms with Gasteiger partial charge in [-0.3, -0.25) is 4.79 Å². The van der Waals surface area contributed by atoms with Crippen molar-refractivity contribution in [3.63, 3.8) is 0 Å². The van der Waals surface area contributed by atoms with Gasteiger partial charge in [-0.1, -0.05) is 37.1 Å². The van der Waals surface area contributed by atoms with Gasteiger partial charge in [-0.15, -0.1) is 24.8 Å². The maximum atomic E-state index is 12.7. The number of nitrogens with one attached hydrogen (secondary N) is 1. The predicted molar refractivity (Wildman–Crippen MR) is 128 cm³/mol. The Bertz CT molecular complexity index is 727. The van der Waals surface area contributed by atoms with Gasteiger partial charge < -0.3 is 15.1 Å². The third-order valence-electron chi connectivity index (χ3n) is 5.44. The zero-order valence-electron chi connectivity index (χ0n) is 17.4. The first kappa shape index (κ1) is 25.3. The Labute approximate surface area is 187 Å².